The Balaban J connectivity index is 2.43. The molecule has 4 nitrogen and oxygen atoms in total. The molecule has 0 saturated heterocycles. The molecule has 0 radical (unpaired) electrons. The third-order valence-corrected chi connectivity index (χ3v) is 3.26. The number of nitrogens with one attached hydrogen (secondary N) is 1. The van der Waals surface area contributed by atoms with Crippen LogP contribution in [0, 0.1) is 0 Å². The van der Waals surface area contributed by atoms with Gasteiger partial charge in [0.2, 0.25) is 0 Å². The maximum Gasteiger partial charge on any atom is 0.335 e. The molecule has 1 aromatic carbocycles. The smallest absolute Gasteiger partial charge is 0.335 e. The van der Waals surface area contributed by atoms with Gasteiger partial charge in [-0.05, 0) is 37.6 Å². The maximum absolute atomic E-state index is 12.0. The van der Waals surface area contributed by atoms with Crippen LogP contribution in [0.4, 0.5) is 0 Å². The zero-order chi connectivity index (χ0) is 15.0. The van der Waals surface area contributed by atoms with Crippen molar-refractivity contribution in [2.24, 2.45) is 0 Å². The number of carbonyl (C=O) groups is 2. The minimum Gasteiger partial charge on any atom is -0.478 e. The van der Waals surface area contributed by atoms with Gasteiger partial charge >= 0.3 is 5.97 Å². The van der Waals surface area contributed by atoms with Gasteiger partial charge in [-0.15, -0.1) is 0 Å². The maximum atomic E-state index is 12.0. The Kier molecular flexibility index (Phi) is 6.77. The normalized spacial score (nSPS) is 11.9. The molecule has 20 heavy (non-hydrogen) atoms. The fraction of sp³-hybridized carbons (Fsp3) is 0.500. The number of carboxylic acid groups (broad SMARTS) is 1. The predicted octanol–water partition coefficient (Wildman–Crippen LogP) is 3.47. The Bertz CT molecular complexity index is 440. The average molecular weight is 277 g/mol. The molecule has 0 fully saturated rings. The van der Waals surface area contributed by atoms with Crippen molar-refractivity contribution in [2.75, 3.05) is 0 Å². The van der Waals surface area contributed by atoms with Gasteiger partial charge in [0.15, 0.2) is 0 Å². The average Bonchev–Trinajstić information content (AvgIpc) is 2.43. The van der Waals surface area contributed by atoms with Crippen LogP contribution in [0.25, 0.3) is 0 Å². The second-order valence-electron chi connectivity index (χ2n) is 5.11. The van der Waals surface area contributed by atoms with E-state index in [1.165, 1.54) is 31.4 Å². The summed E-state index contributed by atoms with van der Waals surface area (Å²) < 4.78 is 0. The molecule has 0 spiro atoms. The topological polar surface area (TPSA) is 66.4 Å². The van der Waals surface area contributed by atoms with E-state index in [2.05, 4.69) is 12.2 Å². The summed E-state index contributed by atoms with van der Waals surface area (Å²) in [5, 5.41) is 11.7. The minimum atomic E-state index is -0.985. The van der Waals surface area contributed by atoms with Gasteiger partial charge in [-0.25, -0.2) is 4.79 Å². The Morgan fingerprint density at radius 1 is 1.10 bits per heavy atom. The molecule has 4 heteroatoms. The molecule has 110 valence electrons. The lowest BCUT2D eigenvalue weighted by atomic mass is 10.1. The standard InChI is InChI=1S/C16H23NO3/c1-3-4-5-6-7-12(2)17-15(18)13-8-10-14(11-9-13)16(19)20/h8-12H,3-7H2,1-2H3,(H,17,18)(H,19,20). The van der Waals surface area contributed by atoms with Crippen molar-refractivity contribution in [3.63, 3.8) is 0 Å². The molecule has 1 unspecified atom stereocenters. The van der Waals surface area contributed by atoms with E-state index < -0.39 is 5.97 Å². The Labute approximate surface area is 120 Å². The van der Waals surface area contributed by atoms with Crippen molar-refractivity contribution in [3.05, 3.63) is 35.4 Å². The number of amides is 1. The lowest BCUT2D eigenvalue weighted by molar-refractivity contribution is 0.0696. The molecule has 1 amide bonds. The highest BCUT2D eigenvalue weighted by atomic mass is 16.4. The Morgan fingerprint density at radius 3 is 2.25 bits per heavy atom. The van der Waals surface area contributed by atoms with E-state index in [-0.39, 0.29) is 17.5 Å². The van der Waals surface area contributed by atoms with E-state index >= 15 is 0 Å². The largest absolute Gasteiger partial charge is 0.478 e. The Morgan fingerprint density at radius 2 is 1.70 bits per heavy atom. The van der Waals surface area contributed by atoms with E-state index in [1.54, 1.807) is 12.1 Å². The first-order valence-electron chi connectivity index (χ1n) is 7.18. The third kappa shape index (κ3) is 5.43. The third-order valence-electron chi connectivity index (χ3n) is 3.26. The molecule has 1 rings (SSSR count). The summed E-state index contributed by atoms with van der Waals surface area (Å²) in [6.45, 7) is 4.17. The van der Waals surface area contributed by atoms with Crippen LogP contribution >= 0.6 is 0 Å². The van der Waals surface area contributed by atoms with E-state index in [0.29, 0.717) is 5.56 Å². The highest BCUT2D eigenvalue weighted by molar-refractivity contribution is 5.95. The van der Waals surface area contributed by atoms with Crippen LogP contribution in [-0.4, -0.2) is 23.0 Å². The first-order valence-corrected chi connectivity index (χ1v) is 7.18. The molecule has 0 aliphatic rings. The van der Waals surface area contributed by atoms with Gasteiger partial charge in [0.25, 0.3) is 5.91 Å². The van der Waals surface area contributed by atoms with Gasteiger partial charge in [-0.1, -0.05) is 32.6 Å². The summed E-state index contributed by atoms with van der Waals surface area (Å²) >= 11 is 0. The Hall–Kier alpha value is -1.84. The van der Waals surface area contributed by atoms with Gasteiger partial charge in [-0.3, -0.25) is 4.79 Å². The van der Waals surface area contributed by atoms with Gasteiger partial charge in [0, 0.05) is 11.6 Å². The zero-order valence-corrected chi connectivity index (χ0v) is 12.2. The van der Waals surface area contributed by atoms with Gasteiger partial charge in [0.05, 0.1) is 5.56 Å². The van der Waals surface area contributed by atoms with Crippen LogP contribution in [0.2, 0.25) is 0 Å². The zero-order valence-electron chi connectivity index (χ0n) is 12.2. The number of rotatable bonds is 8. The molecule has 1 aromatic rings. The first-order chi connectivity index (χ1) is 9.54. The summed E-state index contributed by atoms with van der Waals surface area (Å²) in [7, 11) is 0. The van der Waals surface area contributed by atoms with E-state index in [9.17, 15) is 9.59 Å². The number of carboxylic acids is 1. The molecular weight excluding hydrogens is 254 g/mol. The number of unbranched alkanes of at least 4 members (excludes halogenated alkanes) is 3. The molecule has 0 saturated carbocycles. The van der Waals surface area contributed by atoms with Crippen molar-refractivity contribution in [1.29, 1.82) is 0 Å². The van der Waals surface area contributed by atoms with Crippen molar-refractivity contribution in [2.45, 2.75) is 52.0 Å². The SMILES string of the molecule is CCCCCCC(C)NC(=O)c1ccc(C(=O)O)cc1. The fourth-order valence-corrected chi connectivity index (χ4v) is 2.02. The summed E-state index contributed by atoms with van der Waals surface area (Å²) in [6, 6.07) is 6.12. The highest BCUT2D eigenvalue weighted by Gasteiger charge is 2.10. The van der Waals surface area contributed by atoms with Crippen molar-refractivity contribution in [3.8, 4) is 0 Å². The second-order valence-corrected chi connectivity index (χ2v) is 5.11. The van der Waals surface area contributed by atoms with Crippen molar-refractivity contribution >= 4 is 11.9 Å². The van der Waals surface area contributed by atoms with Gasteiger partial charge < -0.3 is 10.4 Å². The monoisotopic (exact) mass is 277 g/mol. The molecule has 2 N–H and O–H groups in total. The number of hydrogen-bond acceptors (Lipinski definition) is 2. The molecular formula is C16H23NO3. The van der Waals surface area contributed by atoms with Crippen LogP contribution < -0.4 is 5.32 Å². The van der Waals surface area contributed by atoms with E-state index in [1.807, 2.05) is 6.92 Å². The number of aromatic carboxylic acids is 1. The van der Waals surface area contributed by atoms with Crippen LogP contribution in [0.3, 0.4) is 0 Å². The fourth-order valence-electron chi connectivity index (χ4n) is 2.02. The molecule has 0 heterocycles. The highest BCUT2D eigenvalue weighted by Crippen LogP contribution is 2.08. The molecule has 1 atom stereocenters. The summed E-state index contributed by atoms with van der Waals surface area (Å²) in [5.74, 6) is -1.13. The summed E-state index contributed by atoms with van der Waals surface area (Å²) in [5.41, 5.74) is 0.685. The quantitative estimate of drug-likeness (QED) is 0.715. The van der Waals surface area contributed by atoms with E-state index in [4.69, 9.17) is 5.11 Å². The van der Waals surface area contributed by atoms with Gasteiger partial charge in [-0.2, -0.15) is 0 Å². The van der Waals surface area contributed by atoms with Gasteiger partial charge in [0.1, 0.15) is 0 Å². The van der Waals surface area contributed by atoms with Crippen LogP contribution in [0.5, 0.6) is 0 Å². The molecule has 0 aliphatic carbocycles. The molecule has 0 aromatic heterocycles. The van der Waals surface area contributed by atoms with Crippen LogP contribution in [0.15, 0.2) is 24.3 Å². The second kappa shape index (κ2) is 8.35. The summed E-state index contributed by atoms with van der Waals surface area (Å²) in [6.07, 6.45) is 5.73. The minimum absolute atomic E-state index is 0.138. The van der Waals surface area contributed by atoms with Crippen molar-refractivity contribution < 1.29 is 14.7 Å². The lowest BCUT2D eigenvalue weighted by Gasteiger charge is -2.13. The summed E-state index contributed by atoms with van der Waals surface area (Å²) in [4.78, 5) is 22.7. The van der Waals surface area contributed by atoms with E-state index in [0.717, 1.165) is 12.8 Å². The molecule has 0 bridgehead atoms. The lowest BCUT2D eigenvalue weighted by Crippen LogP contribution is -2.32. The number of carbonyl (C=O) groups excluding carboxylic acids is 1. The number of hydrogen-bond donors (Lipinski definition) is 2. The van der Waals surface area contributed by atoms with Crippen molar-refractivity contribution in [1.82, 2.24) is 5.32 Å². The van der Waals surface area contributed by atoms with Crippen LogP contribution in [0.1, 0.15) is 66.7 Å². The van der Waals surface area contributed by atoms with Crippen LogP contribution in [-0.2, 0) is 0 Å². The first kappa shape index (κ1) is 16.2. The predicted molar refractivity (Wildman–Crippen MR) is 79.1 cm³/mol. The molecule has 0 aliphatic heterocycles. The number of benzene rings is 1.